The average molecular weight is 243 g/mol. The molecule has 1 atom stereocenters. The number of aromatic carboxylic acids is 1. The number of fused-ring (bicyclic) bond motifs is 1. The van der Waals surface area contributed by atoms with Gasteiger partial charge in [0.05, 0.1) is 11.1 Å². The normalized spacial score (nSPS) is 12.6. The summed E-state index contributed by atoms with van der Waals surface area (Å²) >= 11 is 0. The molecule has 0 aliphatic carbocycles. The molecule has 0 bridgehead atoms. The average Bonchev–Trinajstić information content (AvgIpc) is 2.35. The molecule has 0 amide bonds. The molecule has 1 aromatic heterocycles. The summed E-state index contributed by atoms with van der Waals surface area (Å²) in [5.41, 5.74) is 3.01. The van der Waals surface area contributed by atoms with Gasteiger partial charge >= 0.3 is 5.97 Å². The fourth-order valence-electron chi connectivity index (χ4n) is 2.15. The second-order valence-corrected chi connectivity index (χ2v) is 4.72. The quantitative estimate of drug-likeness (QED) is 0.893. The fraction of sp³-hybridized carbons (Fsp3) is 0.333. The molecule has 0 saturated carbocycles. The van der Waals surface area contributed by atoms with E-state index in [1.165, 1.54) is 0 Å². The van der Waals surface area contributed by atoms with E-state index in [4.69, 9.17) is 0 Å². The van der Waals surface area contributed by atoms with E-state index >= 15 is 0 Å². The van der Waals surface area contributed by atoms with Crippen LogP contribution < -0.4 is 0 Å². The largest absolute Gasteiger partial charge is 0.478 e. The van der Waals surface area contributed by atoms with E-state index in [0.29, 0.717) is 5.56 Å². The van der Waals surface area contributed by atoms with Gasteiger partial charge in [0.1, 0.15) is 0 Å². The number of carboxylic acid groups (broad SMARTS) is 1. The molecule has 1 N–H and O–H groups in total. The molecular weight excluding hydrogens is 226 g/mol. The number of benzene rings is 1. The Morgan fingerprint density at radius 2 is 2.17 bits per heavy atom. The predicted molar refractivity (Wildman–Crippen MR) is 72.1 cm³/mol. The highest BCUT2D eigenvalue weighted by molar-refractivity contribution is 6.04. The smallest absolute Gasteiger partial charge is 0.336 e. The number of carbonyl (C=O) groups is 1. The number of rotatable bonds is 3. The number of nitrogens with zero attached hydrogens (tertiary/aromatic N) is 1. The molecule has 0 aliphatic heterocycles. The van der Waals surface area contributed by atoms with Gasteiger partial charge in [0.25, 0.3) is 0 Å². The number of hydrogen-bond acceptors (Lipinski definition) is 2. The van der Waals surface area contributed by atoms with Crippen molar-refractivity contribution >= 4 is 16.9 Å². The van der Waals surface area contributed by atoms with E-state index in [9.17, 15) is 9.90 Å². The molecule has 0 fully saturated rings. The fourth-order valence-corrected chi connectivity index (χ4v) is 2.15. The van der Waals surface area contributed by atoms with Gasteiger partial charge in [-0.1, -0.05) is 25.5 Å². The van der Waals surface area contributed by atoms with E-state index in [2.05, 4.69) is 11.9 Å². The third-order valence-corrected chi connectivity index (χ3v) is 3.41. The molecule has 0 aliphatic rings. The van der Waals surface area contributed by atoms with Crippen LogP contribution in [0.4, 0.5) is 0 Å². The number of pyridine rings is 1. The summed E-state index contributed by atoms with van der Waals surface area (Å²) in [6.07, 6.45) is 2.61. The van der Waals surface area contributed by atoms with Crippen LogP contribution in [-0.2, 0) is 0 Å². The summed E-state index contributed by atoms with van der Waals surface area (Å²) < 4.78 is 0. The van der Waals surface area contributed by atoms with Gasteiger partial charge in [-0.2, -0.15) is 0 Å². The van der Waals surface area contributed by atoms with Crippen molar-refractivity contribution in [2.45, 2.75) is 33.1 Å². The van der Waals surface area contributed by atoms with Crippen LogP contribution in [0.25, 0.3) is 10.9 Å². The van der Waals surface area contributed by atoms with Crippen LogP contribution in [0, 0.1) is 6.92 Å². The van der Waals surface area contributed by atoms with Gasteiger partial charge in [-0.15, -0.1) is 0 Å². The Labute approximate surface area is 106 Å². The number of hydrogen-bond donors (Lipinski definition) is 1. The van der Waals surface area contributed by atoms with Crippen LogP contribution in [0.5, 0.6) is 0 Å². The van der Waals surface area contributed by atoms with Crippen LogP contribution in [0.2, 0.25) is 0 Å². The number of aryl methyl sites for hydroxylation is 1. The molecule has 18 heavy (non-hydrogen) atoms. The molecule has 94 valence electrons. The first kappa shape index (κ1) is 12.6. The van der Waals surface area contributed by atoms with Crippen LogP contribution in [0.3, 0.4) is 0 Å². The van der Waals surface area contributed by atoms with E-state index in [-0.39, 0.29) is 5.92 Å². The maximum Gasteiger partial charge on any atom is 0.336 e. The van der Waals surface area contributed by atoms with Crippen molar-refractivity contribution in [1.82, 2.24) is 4.98 Å². The standard InChI is InChI=1S/C15H17NO2/c1-4-10(3)12-8-16-13-6-5-9(2)7-11(13)14(12)15(17)18/h5-8,10H,4H2,1-3H3,(H,17,18). The lowest BCUT2D eigenvalue weighted by molar-refractivity contribution is 0.0697. The van der Waals surface area contributed by atoms with Gasteiger partial charge in [0.2, 0.25) is 0 Å². The maximum absolute atomic E-state index is 11.5. The molecule has 2 aromatic rings. The first-order chi connectivity index (χ1) is 8.54. The van der Waals surface area contributed by atoms with Gasteiger partial charge in [-0.05, 0) is 37.0 Å². The van der Waals surface area contributed by atoms with E-state index in [0.717, 1.165) is 28.5 Å². The lowest BCUT2D eigenvalue weighted by Crippen LogP contribution is -2.07. The minimum Gasteiger partial charge on any atom is -0.478 e. The Balaban J connectivity index is 2.81. The summed E-state index contributed by atoms with van der Waals surface area (Å²) in [6.45, 7) is 6.04. The monoisotopic (exact) mass is 243 g/mol. The Bertz CT molecular complexity index is 605. The molecule has 1 heterocycles. The van der Waals surface area contributed by atoms with Crippen molar-refractivity contribution < 1.29 is 9.90 Å². The zero-order valence-corrected chi connectivity index (χ0v) is 10.9. The lowest BCUT2D eigenvalue weighted by Gasteiger charge is -2.14. The third-order valence-electron chi connectivity index (χ3n) is 3.41. The van der Waals surface area contributed by atoms with Gasteiger partial charge in [0.15, 0.2) is 0 Å². The third kappa shape index (κ3) is 2.08. The highest BCUT2D eigenvalue weighted by Crippen LogP contribution is 2.28. The molecular formula is C15H17NO2. The lowest BCUT2D eigenvalue weighted by atomic mass is 9.92. The second kappa shape index (κ2) is 4.77. The molecule has 3 heteroatoms. The molecule has 0 spiro atoms. The molecule has 0 saturated heterocycles. The predicted octanol–water partition coefficient (Wildman–Crippen LogP) is 3.75. The maximum atomic E-state index is 11.5. The highest BCUT2D eigenvalue weighted by Gasteiger charge is 2.18. The van der Waals surface area contributed by atoms with Crippen LogP contribution in [0.1, 0.15) is 47.7 Å². The zero-order valence-electron chi connectivity index (χ0n) is 10.9. The first-order valence-electron chi connectivity index (χ1n) is 6.17. The minimum atomic E-state index is -0.872. The first-order valence-corrected chi connectivity index (χ1v) is 6.17. The summed E-state index contributed by atoms with van der Waals surface area (Å²) in [6, 6.07) is 5.72. The van der Waals surface area contributed by atoms with Gasteiger partial charge in [-0.3, -0.25) is 4.98 Å². The Morgan fingerprint density at radius 1 is 1.44 bits per heavy atom. The van der Waals surface area contributed by atoms with Crippen molar-refractivity contribution in [3.8, 4) is 0 Å². The summed E-state index contributed by atoms with van der Waals surface area (Å²) in [4.78, 5) is 15.9. The molecule has 3 nitrogen and oxygen atoms in total. The van der Waals surface area contributed by atoms with Crippen LogP contribution in [0.15, 0.2) is 24.4 Å². The molecule has 2 rings (SSSR count). The Kier molecular flexibility index (Phi) is 3.32. The Hall–Kier alpha value is -1.90. The zero-order chi connectivity index (χ0) is 13.3. The minimum absolute atomic E-state index is 0.202. The number of carboxylic acids is 1. The van der Waals surface area contributed by atoms with E-state index in [1.807, 2.05) is 32.0 Å². The summed E-state index contributed by atoms with van der Waals surface area (Å²) in [7, 11) is 0. The van der Waals surface area contributed by atoms with Gasteiger partial charge in [-0.25, -0.2) is 4.79 Å². The summed E-state index contributed by atoms with van der Waals surface area (Å²) in [5.74, 6) is -0.670. The number of aromatic nitrogens is 1. The van der Waals surface area contributed by atoms with Crippen molar-refractivity contribution in [3.05, 3.63) is 41.1 Å². The molecule has 1 unspecified atom stereocenters. The van der Waals surface area contributed by atoms with E-state index in [1.54, 1.807) is 6.20 Å². The summed E-state index contributed by atoms with van der Waals surface area (Å²) in [5, 5.41) is 10.2. The van der Waals surface area contributed by atoms with Crippen molar-refractivity contribution in [1.29, 1.82) is 0 Å². The highest BCUT2D eigenvalue weighted by atomic mass is 16.4. The van der Waals surface area contributed by atoms with E-state index < -0.39 is 5.97 Å². The second-order valence-electron chi connectivity index (χ2n) is 4.72. The molecule has 1 aromatic carbocycles. The van der Waals surface area contributed by atoms with Crippen molar-refractivity contribution in [2.75, 3.05) is 0 Å². The van der Waals surface area contributed by atoms with Crippen LogP contribution >= 0.6 is 0 Å². The van der Waals surface area contributed by atoms with Crippen molar-refractivity contribution in [3.63, 3.8) is 0 Å². The van der Waals surface area contributed by atoms with Gasteiger partial charge < -0.3 is 5.11 Å². The molecule has 0 radical (unpaired) electrons. The van der Waals surface area contributed by atoms with Crippen LogP contribution in [-0.4, -0.2) is 16.1 Å². The Morgan fingerprint density at radius 3 is 2.78 bits per heavy atom. The van der Waals surface area contributed by atoms with Crippen molar-refractivity contribution in [2.24, 2.45) is 0 Å². The SMILES string of the molecule is CCC(C)c1cnc2ccc(C)cc2c1C(=O)O. The topological polar surface area (TPSA) is 50.2 Å². The van der Waals surface area contributed by atoms with Gasteiger partial charge in [0, 0.05) is 11.6 Å².